The molecule has 10 heteroatoms. The summed E-state index contributed by atoms with van der Waals surface area (Å²) in [5, 5.41) is 13.7. The highest BCUT2D eigenvalue weighted by Crippen LogP contribution is 2.43. The van der Waals surface area contributed by atoms with Gasteiger partial charge in [0.2, 0.25) is 5.91 Å². The standard InChI is InChI=1S/C32H41FN4O5/c1-32(2,3)42-31(41)36-19-24(38)17-27(36)30(40)37(23-13-14-25(20-11-12-20)26(33)16-23)28(21-8-7-15-34-18-21)29(39)35-22-9-5-4-6-10-22/h7-8,13-16,18,20,22,24,27-28,38H,4-6,9-12,17,19H2,1-3H3,(H,35,39)/t24-,27-,28?/m1/s1. The van der Waals surface area contributed by atoms with Gasteiger partial charge in [-0.3, -0.25) is 24.4 Å². The van der Waals surface area contributed by atoms with Crippen molar-refractivity contribution in [3.05, 3.63) is 59.7 Å². The van der Waals surface area contributed by atoms with Crippen molar-refractivity contribution in [3.63, 3.8) is 0 Å². The summed E-state index contributed by atoms with van der Waals surface area (Å²) in [5.41, 5.74) is 0.410. The van der Waals surface area contributed by atoms with Gasteiger partial charge in [-0.25, -0.2) is 9.18 Å². The third kappa shape index (κ3) is 6.91. The molecule has 2 heterocycles. The lowest BCUT2D eigenvalue weighted by Crippen LogP contribution is -2.53. The van der Waals surface area contributed by atoms with E-state index in [1.807, 2.05) is 0 Å². The van der Waals surface area contributed by atoms with Gasteiger partial charge in [-0.1, -0.05) is 31.4 Å². The van der Waals surface area contributed by atoms with E-state index in [9.17, 15) is 19.5 Å². The van der Waals surface area contributed by atoms with Gasteiger partial charge in [0, 0.05) is 36.1 Å². The summed E-state index contributed by atoms with van der Waals surface area (Å²) in [6.07, 6.45) is 7.97. The number of aliphatic hydroxyl groups excluding tert-OH is 1. The molecule has 0 spiro atoms. The van der Waals surface area contributed by atoms with E-state index >= 15 is 4.39 Å². The lowest BCUT2D eigenvalue weighted by Gasteiger charge is -2.36. The van der Waals surface area contributed by atoms with Crippen LogP contribution in [0.5, 0.6) is 0 Å². The monoisotopic (exact) mass is 580 g/mol. The average Bonchev–Trinajstić information content (AvgIpc) is 3.71. The molecule has 0 bridgehead atoms. The minimum atomic E-state index is -1.18. The number of β-amino-alcohol motifs (C(OH)–C–C–N with tert-alkyl or cyclic N) is 1. The summed E-state index contributed by atoms with van der Waals surface area (Å²) in [5.74, 6) is -1.30. The number of likely N-dealkylation sites (tertiary alicyclic amines) is 1. The van der Waals surface area contributed by atoms with Gasteiger partial charge < -0.3 is 15.2 Å². The second-order valence-corrected chi connectivity index (χ2v) is 12.8. The Kier molecular flexibility index (Phi) is 8.82. The van der Waals surface area contributed by atoms with Gasteiger partial charge >= 0.3 is 6.09 Å². The van der Waals surface area contributed by atoms with Gasteiger partial charge in [-0.05, 0) is 76.1 Å². The first kappa shape index (κ1) is 29.9. The van der Waals surface area contributed by atoms with Crippen molar-refractivity contribution in [1.82, 2.24) is 15.2 Å². The van der Waals surface area contributed by atoms with Gasteiger partial charge in [-0.2, -0.15) is 0 Å². The highest BCUT2D eigenvalue weighted by atomic mass is 19.1. The number of carbonyl (C=O) groups excluding carboxylic acids is 3. The molecule has 5 rings (SSSR count). The SMILES string of the molecule is CC(C)(C)OC(=O)N1C[C@H](O)C[C@@H]1C(=O)N(c1ccc(C2CC2)c(F)c1)C(C(=O)NC1CCCCC1)c1cccnc1. The van der Waals surface area contributed by atoms with Gasteiger partial charge in [0.15, 0.2) is 0 Å². The first-order valence-electron chi connectivity index (χ1n) is 15.0. The lowest BCUT2D eigenvalue weighted by atomic mass is 9.94. The van der Waals surface area contributed by atoms with Crippen LogP contribution in [0.15, 0.2) is 42.7 Å². The van der Waals surface area contributed by atoms with E-state index in [1.54, 1.807) is 51.2 Å². The number of anilines is 1. The maximum Gasteiger partial charge on any atom is 0.411 e. The molecule has 1 unspecified atom stereocenters. The molecule has 3 amide bonds. The predicted molar refractivity (Wildman–Crippen MR) is 155 cm³/mol. The van der Waals surface area contributed by atoms with E-state index < -0.39 is 47.5 Å². The first-order chi connectivity index (χ1) is 20.0. The number of benzene rings is 1. The number of amides is 3. The molecule has 3 aliphatic rings. The van der Waals surface area contributed by atoms with E-state index in [1.165, 1.54) is 22.1 Å². The Balaban J connectivity index is 1.57. The third-order valence-corrected chi connectivity index (χ3v) is 8.17. The van der Waals surface area contributed by atoms with E-state index in [0.717, 1.165) is 44.9 Å². The molecule has 3 atom stereocenters. The molecule has 3 fully saturated rings. The Hall–Kier alpha value is -3.53. The van der Waals surface area contributed by atoms with Crippen LogP contribution in [0.25, 0.3) is 0 Å². The smallest absolute Gasteiger partial charge is 0.411 e. The number of aromatic nitrogens is 1. The number of nitrogens with one attached hydrogen (secondary N) is 1. The summed E-state index contributed by atoms with van der Waals surface area (Å²) in [6.45, 7) is 5.07. The van der Waals surface area contributed by atoms with Crippen LogP contribution in [0.2, 0.25) is 0 Å². The highest BCUT2D eigenvalue weighted by molar-refractivity contribution is 6.05. The van der Waals surface area contributed by atoms with Crippen molar-refractivity contribution in [2.45, 2.75) is 108 Å². The minimum Gasteiger partial charge on any atom is -0.444 e. The predicted octanol–water partition coefficient (Wildman–Crippen LogP) is 4.99. The number of carbonyl (C=O) groups is 3. The zero-order valence-electron chi connectivity index (χ0n) is 24.6. The van der Waals surface area contributed by atoms with Crippen molar-refractivity contribution in [1.29, 1.82) is 0 Å². The molecule has 0 radical (unpaired) electrons. The minimum absolute atomic E-state index is 0.0390. The number of aliphatic hydroxyl groups is 1. The number of halogens is 1. The number of rotatable bonds is 7. The molecule has 1 aromatic heterocycles. The highest BCUT2D eigenvalue weighted by Gasteiger charge is 2.46. The molecule has 2 aliphatic carbocycles. The zero-order chi connectivity index (χ0) is 30.0. The van der Waals surface area contributed by atoms with Gasteiger partial charge in [-0.15, -0.1) is 0 Å². The largest absolute Gasteiger partial charge is 0.444 e. The Morgan fingerprint density at radius 2 is 1.86 bits per heavy atom. The molecule has 9 nitrogen and oxygen atoms in total. The van der Waals surface area contributed by atoms with Crippen LogP contribution in [0.1, 0.15) is 95.2 Å². The van der Waals surface area contributed by atoms with E-state index in [4.69, 9.17) is 4.74 Å². The fourth-order valence-corrected chi connectivity index (χ4v) is 6.01. The fourth-order valence-electron chi connectivity index (χ4n) is 6.01. The first-order valence-corrected chi connectivity index (χ1v) is 15.0. The number of hydrogen-bond acceptors (Lipinski definition) is 6. The normalized spacial score (nSPS) is 22.0. The van der Waals surface area contributed by atoms with Gasteiger partial charge in [0.25, 0.3) is 5.91 Å². The van der Waals surface area contributed by atoms with Crippen molar-refractivity contribution in [2.24, 2.45) is 0 Å². The summed E-state index contributed by atoms with van der Waals surface area (Å²) < 4.78 is 21.0. The van der Waals surface area contributed by atoms with Crippen LogP contribution < -0.4 is 10.2 Å². The fraction of sp³-hybridized carbons (Fsp3) is 0.562. The molecule has 42 heavy (non-hydrogen) atoms. The molecule has 1 aliphatic heterocycles. The lowest BCUT2D eigenvalue weighted by molar-refractivity contribution is -0.129. The van der Waals surface area contributed by atoms with Crippen molar-refractivity contribution >= 4 is 23.6 Å². The van der Waals surface area contributed by atoms with E-state index in [2.05, 4.69) is 10.3 Å². The summed E-state index contributed by atoms with van der Waals surface area (Å²) >= 11 is 0. The number of ether oxygens (including phenoxy) is 1. The Morgan fingerprint density at radius 3 is 2.48 bits per heavy atom. The van der Waals surface area contributed by atoms with Gasteiger partial charge in [0.05, 0.1) is 12.6 Å². The molecule has 226 valence electrons. The maximum atomic E-state index is 15.5. The quantitative estimate of drug-likeness (QED) is 0.477. The third-order valence-electron chi connectivity index (χ3n) is 8.17. The van der Waals surface area contributed by atoms with E-state index in [-0.39, 0.29) is 30.6 Å². The zero-order valence-corrected chi connectivity index (χ0v) is 24.6. The summed E-state index contributed by atoms with van der Waals surface area (Å²) in [7, 11) is 0. The second-order valence-electron chi connectivity index (χ2n) is 12.8. The number of pyridine rings is 1. The molecular formula is C32H41FN4O5. The molecule has 1 aromatic carbocycles. The molecule has 2 saturated carbocycles. The average molecular weight is 581 g/mol. The topological polar surface area (TPSA) is 112 Å². The Labute approximate surface area is 246 Å². The molecule has 1 saturated heterocycles. The Bertz CT molecular complexity index is 1290. The summed E-state index contributed by atoms with van der Waals surface area (Å²) in [6, 6.07) is 5.69. The number of nitrogens with zero attached hydrogens (tertiary/aromatic N) is 3. The van der Waals surface area contributed by atoms with Crippen LogP contribution in [-0.2, 0) is 14.3 Å². The molecular weight excluding hydrogens is 539 g/mol. The van der Waals surface area contributed by atoms with E-state index in [0.29, 0.717) is 11.1 Å². The van der Waals surface area contributed by atoms with Crippen LogP contribution in [-0.4, -0.2) is 63.2 Å². The number of hydrogen-bond donors (Lipinski definition) is 2. The maximum absolute atomic E-state index is 15.5. The van der Waals surface area contributed by atoms with Crippen molar-refractivity contribution in [2.75, 3.05) is 11.4 Å². The van der Waals surface area contributed by atoms with Crippen molar-refractivity contribution in [3.8, 4) is 0 Å². The Morgan fingerprint density at radius 1 is 1.12 bits per heavy atom. The van der Waals surface area contributed by atoms with Crippen LogP contribution >= 0.6 is 0 Å². The molecule has 2 aromatic rings. The van der Waals surface area contributed by atoms with Crippen LogP contribution in [0, 0.1) is 5.82 Å². The summed E-state index contributed by atoms with van der Waals surface area (Å²) in [4.78, 5) is 48.5. The van der Waals surface area contributed by atoms with Crippen molar-refractivity contribution < 1.29 is 28.6 Å². The van der Waals surface area contributed by atoms with Gasteiger partial charge in [0.1, 0.15) is 23.5 Å². The molecule has 2 N–H and O–H groups in total. The van der Waals surface area contributed by atoms with Crippen LogP contribution in [0.3, 0.4) is 0 Å². The second kappa shape index (κ2) is 12.4. The van der Waals surface area contributed by atoms with Crippen LogP contribution in [0.4, 0.5) is 14.9 Å².